The Bertz CT molecular complexity index is 604. The van der Waals surface area contributed by atoms with E-state index in [0.29, 0.717) is 38.0 Å². The average Bonchev–Trinajstić information content (AvgIpc) is 2.66. The van der Waals surface area contributed by atoms with Gasteiger partial charge in [0.25, 0.3) is 5.91 Å². The summed E-state index contributed by atoms with van der Waals surface area (Å²) < 4.78 is 5.56. The van der Waals surface area contributed by atoms with Crippen molar-refractivity contribution in [2.45, 2.75) is 45.1 Å². The van der Waals surface area contributed by atoms with Crippen LogP contribution in [0.5, 0.6) is 5.75 Å². The summed E-state index contributed by atoms with van der Waals surface area (Å²) in [5.74, 6) is -1.02. The number of nitrogens with one attached hydrogen (secondary N) is 2. The predicted molar refractivity (Wildman–Crippen MR) is 102 cm³/mol. The van der Waals surface area contributed by atoms with Crippen LogP contribution in [0.25, 0.3) is 0 Å². The molecule has 1 atom stereocenters. The van der Waals surface area contributed by atoms with Crippen molar-refractivity contribution in [2.24, 2.45) is 5.73 Å². The molecule has 0 bridgehead atoms. The van der Waals surface area contributed by atoms with Crippen molar-refractivity contribution in [2.75, 3.05) is 19.7 Å². The topological polar surface area (TPSA) is 131 Å². The van der Waals surface area contributed by atoms with Crippen molar-refractivity contribution in [3.63, 3.8) is 0 Å². The molecule has 0 fully saturated rings. The summed E-state index contributed by atoms with van der Waals surface area (Å²) in [5.41, 5.74) is 6.25. The molecule has 1 aromatic carbocycles. The van der Waals surface area contributed by atoms with Gasteiger partial charge in [0.15, 0.2) is 0 Å². The maximum absolute atomic E-state index is 12.1. The van der Waals surface area contributed by atoms with Gasteiger partial charge in [0.05, 0.1) is 12.6 Å². The zero-order chi connectivity index (χ0) is 20.1. The molecule has 0 aliphatic rings. The van der Waals surface area contributed by atoms with E-state index in [2.05, 4.69) is 17.6 Å². The number of carboxylic acid groups (broad SMARTS) is 1. The number of carbonyl (C=O) groups is 3. The molecule has 0 saturated heterocycles. The molecule has 0 radical (unpaired) electrons. The fourth-order valence-corrected chi connectivity index (χ4v) is 2.26. The summed E-state index contributed by atoms with van der Waals surface area (Å²) in [4.78, 5) is 34.0. The van der Waals surface area contributed by atoms with Gasteiger partial charge in [0, 0.05) is 12.1 Å². The Morgan fingerprint density at radius 3 is 2.44 bits per heavy atom. The van der Waals surface area contributed by atoms with Crippen molar-refractivity contribution < 1.29 is 24.2 Å². The largest absolute Gasteiger partial charge is 0.494 e. The lowest BCUT2D eigenvalue weighted by Crippen LogP contribution is -2.42. The molecule has 2 amide bonds. The number of nitrogens with two attached hydrogens (primary N) is 1. The summed E-state index contributed by atoms with van der Waals surface area (Å²) in [6.07, 6.45) is 3.80. The van der Waals surface area contributed by atoms with Crippen LogP contribution >= 0.6 is 0 Å². The van der Waals surface area contributed by atoms with Gasteiger partial charge in [0.2, 0.25) is 5.91 Å². The number of benzene rings is 1. The molecule has 8 heteroatoms. The van der Waals surface area contributed by atoms with Crippen molar-refractivity contribution in [3.05, 3.63) is 29.8 Å². The lowest BCUT2D eigenvalue weighted by atomic mass is 10.1. The molecule has 150 valence electrons. The van der Waals surface area contributed by atoms with Gasteiger partial charge in [-0.25, -0.2) is 0 Å². The molecule has 8 nitrogen and oxygen atoms in total. The van der Waals surface area contributed by atoms with Crippen molar-refractivity contribution in [3.8, 4) is 5.75 Å². The Morgan fingerprint density at radius 1 is 1.11 bits per heavy atom. The SMILES string of the molecule is CCCCOc1ccc(C(=O)NCCCC[C@@H](N)C(=O)NCC(=O)O)cc1. The number of carbonyl (C=O) groups excluding carboxylic acids is 2. The van der Waals surface area contributed by atoms with E-state index >= 15 is 0 Å². The number of hydrogen-bond acceptors (Lipinski definition) is 5. The molecule has 0 unspecified atom stereocenters. The normalized spacial score (nSPS) is 11.5. The minimum absolute atomic E-state index is 0.168. The minimum Gasteiger partial charge on any atom is -0.494 e. The highest BCUT2D eigenvalue weighted by Crippen LogP contribution is 2.12. The zero-order valence-corrected chi connectivity index (χ0v) is 15.7. The summed E-state index contributed by atoms with van der Waals surface area (Å²) in [6, 6.07) is 6.25. The fraction of sp³-hybridized carbons (Fsp3) is 0.526. The number of unbranched alkanes of at least 4 members (excludes halogenated alkanes) is 2. The van der Waals surface area contributed by atoms with E-state index in [0.717, 1.165) is 18.6 Å². The van der Waals surface area contributed by atoms with Gasteiger partial charge < -0.3 is 26.2 Å². The highest BCUT2D eigenvalue weighted by atomic mass is 16.5. The van der Waals surface area contributed by atoms with E-state index in [4.69, 9.17) is 15.6 Å². The van der Waals surface area contributed by atoms with Gasteiger partial charge in [-0.05, 0) is 49.9 Å². The molecule has 0 saturated carbocycles. The Balaban J connectivity index is 2.21. The average molecular weight is 379 g/mol. The molecular formula is C19H29N3O5. The van der Waals surface area contributed by atoms with E-state index < -0.39 is 24.5 Å². The summed E-state index contributed by atoms with van der Waals surface area (Å²) in [5, 5.41) is 13.6. The van der Waals surface area contributed by atoms with Crippen molar-refractivity contribution in [1.82, 2.24) is 10.6 Å². The maximum atomic E-state index is 12.1. The molecule has 0 aromatic heterocycles. The number of hydrogen-bond donors (Lipinski definition) is 4. The Labute approximate surface area is 159 Å². The van der Waals surface area contributed by atoms with Gasteiger partial charge in [-0.3, -0.25) is 14.4 Å². The van der Waals surface area contributed by atoms with Gasteiger partial charge in [0.1, 0.15) is 12.3 Å². The molecule has 0 aliphatic carbocycles. The first-order valence-corrected chi connectivity index (χ1v) is 9.20. The standard InChI is InChI=1S/C19H29N3O5/c1-2-3-12-27-15-9-7-14(8-10-15)18(25)21-11-5-4-6-16(20)19(26)22-13-17(23)24/h7-10,16H,2-6,11-13,20H2,1H3,(H,21,25)(H,22,26)(H,23,24)/t16-/m1/s1. The van der Waals surface area contributed by atoms with E-state index in [1.54, 1.807) is 24.3 Å². The smallest absolute Gasteiger partial charge is 0.322 e. The summed E-state index contributed by atoms with van der Waals surface area (Å²) in [6.45, 7) is 2.79. The molecule has 5 N–H and O–H groups in total. The highest BCUT2D eigenvalue weighted by Gasteiger charge is 2.13. The van der Waals surface area contributed by atoms with E-state index in [1.165, 1.54) is 0 Å². The van der Waals surface area contributed by atoms with E-state index in [9.17, 15) is 14.4 Å². The van der Waals surface area contributed by atoms with Crippen LogP contribution in [0.1, 0.15) is 49.4 Å². The summed E-state index contributed by atoms with van der Waals surface area (Å²) in [7, 11) is 0. The number of amides is 2. The molecular weight excluding hydrogens is 350 g/mol. The van der Waals surface area contributed by atoms with Crippen LogP contribution in [0, 0.1) is 0 Å². The van der Waals surface area contributed by atoms with E-state index in [-0.39, 0.29) is 5.91 Å². The summed E-state index contributed by atoms with van der Waals surface area (Å²) >= 11 is 0. The lowest BCUT2D eigenvalue weighted by Gasteiger charge is -2.11. The number of aliphatic carboxylic acids is 1. The van der Waals surface area contributed by atoms with Crippen molar-refractivity contribution >= 4 is 17.8 Å². The first kappa shape index (κ1) is 22.4. The maximum Gasteiger partial charge on any atom is 0.322 e. The zero-order valence-electron chi connectivity index (χ0n) is 15.7. The second kappa shape index (κ2) is 12.7. The first-order chi connectivity index (χ1) is 12.9. The number of carboxylic acids is 1. The quantitative estimate of drug-likeness (QED) is 0.382. The third-order valence-corrected chi connectivity index (χ3v) is 3.86. The van der Waals surface area contributed by atoms with Gasteiger partial charge >= 0.3 is 5.97 Å². The molecule has 1 aromatic rings. The second-order valence-corrected chi connectivity index (χ2v) is 6.20. The first-order valence-electron chi connectivity index (χ1n) is 9.20. The Kier molecular flexibility index (Phi) is 10.5. The Hall–Kier alpha value is -2.61. The van der Waals surface area contributed by atoms with Crippen LogP contribution < -0.4 is 21.1 Å². The van der Waals surface area contributed by atoms with Crippen LogP contribution in [0.2, 0.25) is 0 Å². The third kappa shape index (κ3) is 9.60. The van der Waals surface area contributed by atoms with Crippen LogP contribution in [0.15, 0.2) is 24.3 Å². The van der Waals surface area contributed by atoms with Gasteiger partial charge in [-0.2, -0.15) is 0 Å². The van der Waals surface area contributed by atoms with Gasteiger partial charge in [-0.1, -0.05) is 13.3 Å². The van der Waals surface area contributed by atoms with Crippen LogP contribution in [0.3, 0.4) is 0 Å². The fourth-order valence-electron chi connectivity index (χ4n) is 2.26. The number of ether oxygens (including phenoxy) is 1. The number of rotatable bonds is 13. The Morgan fingerprint density at radius 2 is 1.81 bits per heavy atom. The highest BCUT2D eigenvalue weighted by molar-refractivity contribution is 5.94. The monoisotopic (exact) mass is 379 g/mol. The molecule has 0 spiro atoms. The molecule has 0 heterocycles. The minimum atomic E-state index is -1.11. The molecule has 27 heavy (non-hydrogen) atoms. The van der Waals surface area contributed by atoms with Gasteiger partial charge in [-0.15, -0.1) is 0 Å². The van der Waals surface area contributed by atoms with Crippen LogP contribution in [0.4, 0.5) is 0 Å². The van der Waals surface area contributed by atoms with Crippen molar-refractivity contribution in [1.29, 1.82) is 0 Å². The molecule has 1 rings (SSSR count). The van der Waals surface area contributed by atoms with Crippen LogP contribution in [-0.4, -0.2) is 48.6 Å². The second-order valence-electron chi connectivity index (χ2n) is 6.20. The lowest BCUT2D eigenvalue weighted by molar-refractivity contribution is -0.138. The predicted octanol–water partition coefficient (Wildman–Crippen LogP) is 1.29. The van der Waals surface area contributed by atoms with Crippen LogP contribution in [-0.2, 0) is 9.59 Å². The van der Waals surface area contributed by atoms with E-state index in [1.807, 2.05) is 0 Å². The third-order valence-electron chi connectivity index (χ3n) is 3.86. The molecule has 0 aliphatic heterocycles.